The van der Waals surface area contributed by atoms with Crippen molar-refractivity contribution in [3.63, 3.8) is 0 Å². The van der Waals surface area contributed by atoms with E-state index < -0.39 is 0 Å². The van der Waals surface area contributed by atoms with Crippen molar-refractivity contribution in [1.82, 2.24) is 5.32 Å². The lowest BCUT2D eigenvalue weighted by atomic mass is 9.99. The van der Waals surface area contributed by atoms with E-state index in [2.05, 4.69) is 19.2 Å². The molecule has 3 heteroatoms. The van der Waals surface area contributed by atoms with Crippen molar-refractivity contribution in [2.45, 2.75) is 71.3 Å². The van der Waals surface area contributed by atoms with Crippen molar-refractivity contribution in [1.29, 1.82) is 0 Å². The number of halogens is 2. The van der Waals surface area contributed by atoms with Gasteiger partial charge in [-0.1, -0.05) is 76.1 Å². The smallest absolute Gasteiger partial charge is 0.146 e. The fraction of sp³-hybridized carbons (Fsp3) is 0.667. The summed E-state index contributed by atoms with van der Waals surface area (Å²) in [6.07, 6.45) is 9.58. The highest BCUT2D eigenvalue weighted by atomic mass is 35.5. The van der Waals surface area contributed by atoms with Gasteiger partial charge in [0.2, 0.25) is 0 Å². The minimum Gasteiger partial charge on any atom is -0.310 e. The summed E-state index contributed by atoms with van der Waals surface area (Å²) in [6.45, 7) is 5.27. The van der Waals surface area contributed by atoms with E-state index in [4.69, 9.17) is 11.6 Å². The standard InChI is InChI=1S/C18H29ClFN/c1-3-5-6-7-8-9-13-17(21-14-4-2)15-11-10-12-16(19)18(15)20/h10-12,17,21H,3-9,13-14H2,1-2H3. The van der Waals surface area contributed by atoms with Crippen molar-refractivity contribution < 1.29 is 4.39 Å². The molecular formula is C18H29ClFN. The van der Waals surface area contributed by atoms with Gasteiger partial charge in [-0.25, -0.2) is 4.39 Å². The number of hydrogen-bond acceptors (Lipinski definition) is 1. The molecule has 0 aliphatic rings. The first kappa shape index (κ1) is 18.4. The van der Waals surface area contributed by atoms with Crippen molar-refractivity contribution in [3.05, 3.63) is 34.6 Å². The van der Waals surface area contributed by atoms with Gasteiger partial charge in [-0.3, -0.25) is 0 Å². The van der Waals surface area contributed by atoms with Crippen LogP contribution in [-0.4, -0.2) is 6.54 Å². The molecule has 1 N–H and O–H groups in total. The zero-order chi connectivity index (χ0) is 15.5. The fourth-order valence-corrected chi connectivity index (χ4v) is 2.79. The molecule has 0 bridgehead atoms. The number of rotatable bonds is 11. The molecule has 0 saturated heterocycles. The molecule has 0 aliphatic carbocycles. The first-order valence-electron chi connectivity index (χ1n) is 8.38. The van der Waals surface area contributed by atoms with Crippen LogP contribution in [0.25, 0.3) is 0 Å². The molecule has 1 atom stereocenters. The van der Waals surface area contributed by atoms with Crippen LogP contribution in [0, 0.1) is 5.82 Å². The minimum absolute atomic E-state index is 0.0785. The number of benzene rings is 1. The van der Waals surface area contributed by atoms with Crippen LogP contribution in [0.15, 0.2) is 18.2 Å². The van der Waals surface area contributed by atoms with Crippen LogP contribution in [-0.2, 0) is 0 Å². The highest BCUT2D eigenvalue weighted by Gasteiger charge is 2.16. The molecule has 0 heterocycles. The Kier molecular flexibility index (Phi) is 9.69. The summed E-state index contributed by atoms with van der Waals surface area (Å²) >= 11 is 5.91. The molecule has 120 valence electrons. The number of unbranched alkanes of at least 4 members (excludes halogenated alkanes) is 5. The second-order valence-electron chi connectivity index (χ2n) is 5.71. The Labute approximate surface area is 134 Å². The lowest BCUT2D eigenvalue weighted by molar-refractivity contribution is 0.449. The van der Waals surface area contributed by atoms with E-state index in [1.165, 1.54) is 32.1 Å². The predicted octanol–water partition coefficient (Wildman–Crippen LogP) is 6.27. The quantitative estimate of drug-likeness (QED) is 0.475. The van der Waals surface area contributed by atoms with Crippen LogP contribution in [0.5, 0.6) is 0 Å². The van der Waals surface area contributed by atoms with Crippen molar-refractivity contribution in [2.24, 2.45) is 0 Å². The highest BCUT2D eigenvalue weighted by Crippen LogP contribution is 2.27. The Morgan fingerprint density at radius 2 is 1.76 bits per heavy atom. The molecule has 0 spiro atoms. The largest absolute Gasteiger partial charge is 0.310 e. The van der Waals surface area contributed by atoms with Crippen molar-refractivity contribution in [3.8, 4) is 0 Å². The summed E-state index contributed by atoms with van der Waals surface area (Å²) in [7, 11) is 0. The number of hydrogen-bond donors (Lipinski definition) is 1. The number of nitrogens with one attached hydrogen (secondary N) is 1. The van der Waals surface area contributed by atoms with Gasteiger partial charge in [0, 0.05) is 11.6 Å². The molecule has 1 aromatic carbocycles. The minimum atomic E-state index is -0.265. The zero-order valence-corrected chi connectivity index (χ0v) is 14.2. The third-order valence-corrected chi connectivity index (χ3v) is 4.14. The van der Waals surface area contributed by atoms with Crippen LogP contribution in [0.3, 0.4) is 0 Å². The normalized spacial score (nSPS) is 12.6. The van der Waals surface area contributed by atoms with Gasteiger partial charge in [0.05, 0.1) is 5.02 Å². The first-order valence-corrected chi connectivity index (χ1v) is 8.75. The maximum Gasteiger partial charge on any atom is 0.146 e. The van der Waals surface area contributed by atoms with Gasteiger partial charge in [0.25, 0.3) is 0 Å². The lowest BCUT2D eigenvalue weighted by Gasteiger charge is -2.20. The summed E-state index contributed by atoms with van der Waals surface area (Å²) in [4.78, 5) is 0. The van der Waals surface area contributed by atoms with E-state index in [0.717, 1.165) is 25.8 Å². The van der Waals surface area contributed by atoms with Gasteiger partial charge in [-0.15, -0.1) is 0 Å². The van der Waals surface area contributed by atoms with E-state index in [0.29, 0.717) is 5.56 Å². The molecule has 21 heavy (non-hydrogen) atoms. The molecule has 1 nitrogen and oxygen atoms in total. The van der Waals surface area contributed by atoms with Gasteiger partial charge >= 0.3 is 0 Å². The third-order valence-electron chi connectivity index (χ3n) is 3.84. The Morgan fingerprint density at radius 1 is 1.05 bits per heavy atom. The van der Waals surface area contributed by atoms with Gasteiger partial charge in [-0.05, 0) is 25.5 Å². The average Bonchev–Trinajstić information content (AvgIpc) is 2.49. The van der Waals surface area contributed by atoms with Gasteiger partial charge in [0.15, 0.2) is 0 Å². The second-order valence-corrected chi connectivity index (χ2v) is 6.11. The van der Waals surface area contributed by atoms with Gasteiger partial charge in [-0.2, -0.15) is 0 Å². The van der Waals surface area contributed by atoms with E-state index in [-0.39, 0.29) is 16.9 Å². The summed E-state index contributed by atoms with van der Waals surface area (Å²) in [6, 6.07) is 5.38. The zero-order valence-electron chi connectivity index (χ0n) is 13.4. The molecule has 0 amide bonds. The first-order chi connectivity index (χ1) is 10.2. The van der Waals surface area contributed by atoms with Crippen LogP contribution in [0.2, 0.25) is 5.02 Å². The fourth-order valence-electron chi connectivity index (χ4n) is 2.60. The summed E-state index contributed by atoms with van der Waals surface area (Å²) in [5, 5.41) is 3.68. The van der Waals surface area contributed by atoms with E-state index in [9.17, 15) is 4.39 Å². The summed E-state index contributed by atoms with van der Waals surface area (Å²) < 4.78 is 14.2. The maximum atomic E-state index is 14.2. The van der Waals surface area contributed by atoms with Crippen LogP contribution in [0.4, 0.5) is 4.39 Å². The van der Waals surface area contributed by atoms with Crippen LogP contribution >= 0.6 is 11.6 Å². The van der Waals surface area contributed by atoms with E-state index in [1.807, 2.05) is 12.1 Å². The summed E-state index contributed by atoms with van der Waals surface area (Å²) in [5.41, 5.74) is 0.713. The van der Waals surface area contributed by atoms with Gasteiger partial charge in [0.1, 0.15) is 5.82 Å². The SMILES string of the molecule is CCCCCCCCC(NCCC)c1cccc(Cl)c1F. The molecule has 1 rings (SSSR count). The molecule has 1 aromatic rings. The van der Waals surface area contributed by atoms with Crippen LogP contribution < -0.4 is 5.32 Å². The Balaban J connectivity index is 2.53. The monoisotopic (exact) mass is 313 g/mol. The predicted molar refractivity (Wildman–Crippen MR) is 90.4 cm³/mol. The Bertz CT molecular complexity index is 395. The highest BCUT2D eigenvalue weighted by molar-refractivity contribution is 6.30. The molecule has 0 fully saturated rings. The molecule has 0 aromatic heterocycles. The molecule has 0 radical (unpaired) electrons. The van der Waals surface area contributed by atoms with E-state index >= 15 is 0 Å². The van der Waals surface area contributed by atoms with Crippen molar-refractivity contribution >= 4 is 11.6 Å². The molecular weight excluding hydrogens is 285 g/mol. The molecule has 0 saturated carbocycles. The van der Waals surface area contributed by atoms with Gasteiger partial charge < -0.3 is 5.32 Å². The maximum absolute atomic E-state index is 14.2. The Hall–Kier alpha value is -0.600. The Morgan fingerprint density at radius 3 is 2.48 bits per heavy atom. The van der Waals surface area contributed by atoms with Crippen molar-refractivity contribution in [2.75, 3.05) is 6.54 Å². The molecule has 0 aliphatic heterocycles. The van der Waals surface area contributed by atoms with Crippen LogP contribution in [0.1, 0.15) is 76.8 Å². The summed E-state index contributed by atoms with van der Waals surface area (Å²) in [5.74, 6) is -0.265. The second kappa shape index (κ2) is 11.0. The average molecular weight is 314 g/mol. The van der Waals surface area contributed by atoms with E-state index in [1.54, 1.807) is 6.07 Å². The molecule has 1 unspecified atom stereocenters. The third kappa shape index (κ3) is 6.80. The lowest BCUT2D eigenvalue weighted by Crippen LogP contribution is -2.23. The topological polar surface area (TPSA) is 12.0 Å².